The molecule has 4 amide bonds. The van der Waals surface area contributed by atoms with Gasteiger partial charge in [-0.15, -0.1) is 0 Å². The Kier molecular flexibility index (Phi) is 27.8. The van der Waals surface area contributed by atoms with E-state index in [2.05, 4.69) is 21.3 Å². The van der Waals surface area contributed by atoms with Gasteiger partial charge in [-0.2, -0.15) is 8.42 Å². The van der Waals surface area contributed by atoms with E-state index in [1.165, 1.54) is 12.2 Å². The molecule has 3 unspecified atom stereocenters. The van der Waals surface area contributed by atoms with Crippen molar-refractivity contribution in [2.45, 2.75) is 110 Å². The molecule has 1 saturated heterocycles. The molecule has 0 bridgehead atoms. The van der Waals surface area contributed by atoms with Crippen LogP contribution < -0.4 is 27.0 Å². The van der Waals surface area contributed by atoms with Crippen molar-refractivity contribution in [1.29, 1.82) is 0 Å². The Labute approximate surface area is 369 Å². The molecule has 0 aromatic carbocycles. The maximum absolute atomic E-state index is 14.2. The molecule has 1 heterocycles. The molecule has 0 aliphatic carbocycles. The van der Waals surface area contributed by atoms with Gasteiger partial charge in [0.25, 0.3) is 10.1 Å². The van der Waals surface area contributed by atoms with Crippen LogP contribution in [0.3, 0.4) is 0 Å². The summed E-state index contributed by atoms with van der Waals surface area (Å²) in [5.74, 6) is 0.255. The van der Waals surface area contributed by atoms with Gasteiger partial charge in [0.2, 0.25) is 23.6 Å². The summed E-state index contributed by atoms with van der Waals surface area (Å²) in [5, 5.41) is 12.7. The highest BCUT2D eigenvalue weighted by Gasteiger charge is 2.47. The molecule has 16 nitrogen and oxygen atoms in total. The maximum Gasteiger partial charge on any atom is 0.265 e. The second-order valence-electron chi connectivity index (χ2n) is 17.8. The third-order valence-corrected chi connectivity index (χ3v) is 14.7. The average molecular weight is 914 g/mol. The fraction of sp³-hybridized carbons (Fsp3) is 0.902. The number of unbranched alkanes of at least 4 members (excludes halogenated alkanes) is 1. The summed E-state index contributed by atoms with van der Waals surface area (Å²) in [6, 6.07) is 0. The molecule has 0 aromatic rings. The summed E-state index contributed by atoms with van der Waals surface area (Å²) in [4.78, 5) is 54.0. The number of nitrogens with one attached hydrogen (secondary N) is 4. The minimum atomic E-state index is -4.03. The lowest BCUT2D eigenvalue weighted by Crippen LogP contribution is -2.51. The van der Waals surface area contributed by atoms with E-state index in [4.69, 9.17) is 24.5 Å². The average Bonchev–Trinajstić information content (AvgIpc) is 3.69. The minimum Gasteiger partial charge on any atom is -0.378 e. The predicted molar refractivity (Wildman–Crippen MR) is 242 cm³/mol. The number of nitrogens with zero attached hydrogens (tertiary/aromatic N) is 1. The molecule has 1 aliphatic heterocycles. The van der Waals surface area contributed by atoms with E-state index in [1.807, 2.05) is 70.3 Å². The van der Waals surface area contributed by atoms with Gasteiger partial charge in [0, 0.05) is 79.2 Å². The molecule has 0 spiro atoms. The van der Waals surface area contributed by atoms with Crippen LogP contribution in [0.4, 0.5) is 0 Å². The molecule has 0 saturated carbocycles. The SMILES string of the molecule is CCC(C)(CC(C)(CC(C)(C)C(=O)NCCCNC(=O)CCCCC1CCSS1)C(=O)NCCC[N+](C)(C)CCCS(=O)(=O)O)C(=O)NCCOCCOCCOCCN. The van der Waals surface area contributed by atoms with E-state index in [1.54, 1.807) is 0 Å². The van der Waals surface area contributed by atoms with E-state index in [-0.39, 0.29) is 55.4 Å². The number of quaternary nitrogens is 1. The van der Waals surface area contributed by atoms with E-state index in [0.29, 0.717) is 114 Å². The van der Waals surface area contributed by atoms with Crippen molar-refractivity contribution in [1.82, 2.24) is 21.3 Å². The van der Waals surface area contributed by atoms with Crippen LogP contribution in [0.1, 0.15) is 105 Å². The number of nitrogens with two attached hydrogens (primary N) is 1. The van der Waals surface area contributed by atoms with E-state index in [9.17, 15) is 27.6 Å². The number of hydrogen-bond acceptors (Lipinski definition) is 12. The van der Waals surface area contributed by atoms with E-state index < -0.39 is 26.4 Å². The molecule has 1 aliphatic rings. The van der Waals surface area contributed by atoms with E-state index >= 15 is 0 Å². The first-order valence-corrected chi connectivity index (χ1v) is 25.8. The predicted octanol–water partition coefficient (Wildman–Crippen LogP) is 3.54. The first kappa shape index (κ1) is 56.3. The second-order valence-corrected chi connectivity index (χ2v) is 22.1. The standard InChI is InChI=1S/C41H80N6O10S3/c1-8-40(4,37(50)46-21-25-56-27-29-57-28-26-55-24-17-42)33-41(5,38(51)45-20-12-22-47(6,7)23-13-31-60(52,53)54)32-39(2,3)36(49)44-19-11-18-43-35(48)15-10-9-14-34-16-30-58-59-34/h34H,8-33,42H2,1-7H3,(H4-,43,44,45,46,48,49,50,51,52,53,54)/p+1. The van der Waals surface area contributed by atoms with Crippen LogP contribution in [0.15, 0.2) is 0 Å². The highest BCUT2D eigenvalue weighted by molar-refractivity contribution is 8.77. The quantitative estimate of drug-likeness (QED) is 0.0229. The molecule has 352 valence electrons. The van der Waals surface area contributed by atoms with Gasteiger partial charge in [-0.05, 0) is 44.9 Å². The molecular weight excluding hydrogens is 833 g/mol. The molecule has 7 N–H and O–H groups in total. The highest BCUT2D eigenvalue weighted by atomic mass is 33.1. The Morgan fingerprint density at radius 1 is 0.733 bits per heavy atom. The monoisotopic (exact) mass is 914 g/mol. The normalized spacial score (nSPS) is 16.8. The summed E-state index contributed by atoms with van der Waals surface area (Å²) in [7, 11) is 3.79. The van der Waals surface area contributed by atoms with Crippen LogP contribution in [0, 0.1) is 16.2 Å². The van der Waals surface area contributed by atoms with Crippen molar-refractivity contribution in [3.05, 3.63) is 0 Å². The zero-order chi connectivity index (χ0) is 45.1. The summed E-state index contributed by atoms with van der Waals surface area (Å²) in [6.07, 6.45) is 7.14. The van der Waals surface area contributed by atoms with Crippen molar-refractivity contribution in [3.8, 4) is 0 Å². The highest BCUT2D eigenvalue weighted by Crippen LogP contribution is 2.44. The van der Waals surface area contributed by atoms with Gasteiger partial charge in [0.1, 0.15) is 0 Å². The molecule has 3 atom stereocenters. The summed E-state index contributed by atoms with van der Waals surface area (Å²) in [6.45, 7) is 14.7. The Hall–Kier alpha value is -1.71. The van der Waals surface area contributed by atoms with Crippen LogP contribution in [0.2, 0.25) is 0 Å². The molecule has 1 fully saturated rings. The first-order chi connectivity index (χ1) is 28.2. The Bertz CT molecular complexity index is 1370. The number of amides is 4. The van der Waals surface area contributed by atoms with Crippen LogP contribution >= 0.6 is 21.6 Å². The third-order valence-electron chi connectivity index (χ3n) is 10.9. The molecular formula is C41H81N6O10S3+. The van der Waals surface area contributed by atoms with Crippen molar-refractivity contribution >= 4 is 55.3 Å². The lowest BCUT2D eigenvalue weighted by atomic mass is 9.64. The van der Waals surface area contributed by atoms with Crippen LogP contribution in [0.25, 0.3) is 0 Å². The molecule has 0 aromatic heterocycles. The second kappa shape index (κ2) is 29.6. The fourth-order valence-electron chi connectivity index (χ4n) is 7.36. The molecule has 19 heteroatoms. The van der Waals surface area contributed by atoms with Gasteiger partial charge in [-0.25, -0.2) is 0 Å². The smallest absolute Gasteiger partial charge is 0.265 e. The number of hydrogen-bond donors (Lipinski definition) is 6. The number of rotatable bonds is 36. The fourth-order valence-corrected chi connectivity index (χ4v) is 10.9. The third kappa shape index (κ3) is 25.4. The van der Waals surface area contributed by atoms with Gasteiger partial charge < -0.3 is 45.7 Å². The van der Waals surface area contributed by atoms with Crippen molar-refractivity contribution in [2.75, 3.05) is 111 Å². The molecule has 1 rings (SSSR count). The number of ether oxygens (including phenoxy) is 3. The zero-order valence-electron chi connectivity index (χ0n) is 37.8. The largest absolute Gasteiger partial charge is 0.378 e. The topological polar surface area (TPSA) is 224 Å². The first-order valence-electron chi connectivity index (χ1n) is 21.8. The van der Waals surface area contributed by atoms with Gasteiger partial charge in [-0.1, -0.05) is 62.6 Å². The van der Waals surface area contributed by atoms with Gasteiger partial charge in [0.15, 0.2) is 0 Å². The zero-order valence-corrected chi connectivity index (χ0v) is 40.3. The summed E-state index contributed by atoms with van der Waals surface area (Å²) < 4.78 is 48.3. The van der Waals surface area contributed by atoms with Crippen LogP contribution in [0.5, 0.6) is 0 Å². The Morgan fingerprint density at radius 2 is 1.30 bits per heavy atom. The van der Waals surface area contributed by atoms with Gasteiger partial charge >= 0.3 is 0 Å². The van der Waals surface area contributed by atoms with Crippen molar-refractivity contribution in [2.24, 2.45) is 22.0 Å². The number of carbonyl (C=O) groups excluding carboxylic acids is 4. The minimum absolute atomic E-state index is 0.0258. The summed E-state index contributed by atoms with van der Waals surface area (Å²) in [5.41, 5.74) is 2.37. The molecule has 0 radical (unpaired) electrons. The van der Waals surface area contributed by atoms with Crippen LogP contribution in [-0.4, -0.2) is 157 Å². The number of carbonyl (C=O) groups is 4. The summed E-state index contributed by atoms with van der Waals surface area (Å²) >= 11 is 0. The van der Waals surface area contributed by atoms with Crippen molar-refractivity contribution in [3.63, 3.8) is 0 Å². The van der Waals surface area contributed by atoms with Gasteiger partial charge in [-0.3, -0.25) is 23.7 Å². The lowest BCUT2D eigenvalue weighted by molar-refractivity contribution is -0.890. The Morgan fingerprint density at radius 3 is 1.92 bits per heavy atom. The Balaban J connectivity index is 2.83. The van der Waals surface area contributed by atoms with Gasteiger partial charge in [0.05, 0.1) is 72.6 Å². The molecule has 60 heavy (non-hydrogen) atoms. The van der Waals surface area contributed by atoms with Crippen molar-refractivity contribution < 1.29 is 50.8 Å². The maximum atomic E-state index is 14.2. The lowest BCUT2D eigenvalue weighted by Gasteiger charge is -2.41. The van der Waals surface area contributed by atoms with Crippen LogP contribution in [-0.2, 0) is 43.5 Å². The van der Waals surface area contributed by atoms with E-state index in [0.717, 1.165) is 19.3 Å².